The van der Waals surface area contributed by atoms with Gasteiger partial charge in [0.2, 0.25) is 11.9 Å². The number of nitrogens with zero attached hydrogens (tertiary/aromatic N) is 4. The fraction of sp³-hybridized carbons (Fsp3) is 0.500. The molecule has 9 heteroatoms. The van der Waals surface area contributed by atoms with E-state index in [1.54, 1.807) is 23.6 Å². The van der Waals surface area contributed by atoms with Gasteiger partial charge in [-0.3, -0.25) is 14.9 Å². The summed E-state index contributed by atoms with van der Waals surface area (Å²) in [6.45, 7) is 3.90. The Morgan fingerprint density at radius 3 is 2.86 bits per heavy atom. The maximum absolute atomic E-state index is 12.5. The van der Waals surface area contributed by atoms with Gasteiger partial charge in [-0.15, -0.1) is 0 Å². The minimum atomic E-state index is -0.570. The van der Waals surface area contributed by atoms with Crippen molar-refractivity contribution < 1.29 is 14.3 Å². The van der Waals surface area contributed by atoms with Crippen LogP contribution in [-0.2, 0) is 16.6 Å². The van der Waals surface area contributed by atoms with Crippen LogP contribution in [0.25, 0.3) is 0 Å². The molecule has 2 aliphatic heterocycles. The highest BCUT2D eigenvalue weighted by molar-refractivity contribution is 6.00. The van der Waals surface area contributed by atoms with E-state index < -0.39 is 6.10 Å². The van der Waals surface area contributed by atoms with E-state index in [9.17, 15) is 9.59 Å². The van der Waals surface area contributed by atoms with Crippen molar-refractivity contribution in [3.8, 4) is 5.75 Å². The van der Waals surface area contributed by atoms with Crippen molar-refractivity contribution >= 4 is 23.5 Å². The fourth-order valence-corrected chi connectivity index (χ4v) is 3.76. The van der Waals surface area contributed by atoms with Crippen LogP contribution in [0.5, 0.6) is 5.75 Å². The first kappa shape index (κ1) is 19.4. The van der Waals surface area contributed by atoms with E-state index in [4.69, 9.17) is 4.74 Å². The van der Waals surface area contributed by atoms with Crippen LogP contribution in [0.4, 0.5) is 11.6 Å². The number of para-hydroxylation sites is 2. The number of rotatable bonds is 5. The molecule has 29 heavy (non-hydrogen) atoms. The number of fused-ring (bicyclic) bond motifs is 1. The van der Waals surface area contributed by atoms with E-state index in [1.807, 2.05) is 24.3 Å². The summed E-state index contributed by atoms with van der Waals surface area (Å²) in [6, 6.07) is 7.36. The number of hydrogen-bond acceptors (Lipinski definition) is 6. The minimum absolute atomic E-state index is 0.150. The zero-order chi connectivity index (χ0) is 20.4. The van der Waals surface area contributed by atoms with Crippen molar-refractivity contribution in [1.82, 2.24) is 20.1 Å². The second-order valence-electron chi connectivity index (χ2n) is 7.46. The number of carbonyl (C=O) groups excluding carboxylic acids is 2. The van der Waals surface area contributed by atoms with Gasteiger partial charge in [-0.1, -0.05) is 12.1 Å². The number of hydrogen-bond donors (Lipinski definition) is 2. The van der Waals surface area contributed by atoms with E-state index in [-0.39, 0.29) is 24.8 Å². The van der Waals surface area contributed by atoms with Gasteiger partial charge in [-0.2, -0.15) is 10.1 Å². The zero-order valence-corrected chi connectivity index (χ0v) is 16.7. The number of nitrogens with one attached hydrogen (secondary N) is 2. The molecule has 0 bridgehead atoms. The minimum Gasteiger partial charge on any atom is -0.479 e. The Kier molecular flexibility index (Phi) is 5.48. The molecule has 2 aromatic rings. The molecule has 154 valence electrons. The third kappa shape index (κ3) is 4.09. The lowest BCUT2D eigenvalue weighted by atomic mass is 9.98. The summed E-state index contributed by atoms with van der Waals surface area (Å²) in [5.74, 6) is 1.82. The van der Waals surface area contributed by atoms with Crippen LogP contribution in [0.1, 0.15) is 37.9 Å². The predicted molar refractivity (Wildman–Crippen MR) is 108 cm³/mol. The number of amides is 2. The second kappa shape index (κ2) is 8.20. The average molecular weight is 398 g/mol. The average Bonchev–Trinajstić information content (AvgIpc) is 3.09. The molecule has 0 saturated carbocycles. The Bertz CT molecular complexity index is 905. The van der Waals surface area contributed by atoms with Crippen LogP contribution >= 0.6 is 0 Å². The molecule has 9 nitrogen and oxygen atoms in total. The van der Waals surface area contributed by atoms with Gasteiger partial charge in [-0.05, 0) is 45.0 Å². The van der Waals surface area contributed by atoms with Crippen molar-refractivity contribution in [3.63, 3.8) is 0 Å². The molecule has 1 unspecified atom stereocenters. The lowest BCUT2D eigenvalue weighted by Gasteiger charge is -2.32. The van der Waals surface area contributed by atoms with E-state index in [0.29, 0.717) is 23.3 Å². The lowest BCUT2D eigenvalue weighted by Crippen LogP contribution is -2.45. The highest BCUT2D eigenvalue weighted by Gasteiger charge is 2.31. The van der Waals surface area contributed by atoms with Crippen molar-refractivity contribution in [1.29, 1.82) is 0 Å². The van der Waals surface area contributed by atoms with Gasteiger partial charge >= 0.3 is 0 Å². The van der Waals surface area contributed by atoms with Crippen LogP contribution in [-0.4, -0.2) is 52.3 Å². The molecule has 1 saturated heterocycles. The summed E-state index contributed by atoms with van der Waals surface area (Å²) >= 11 is 0. The summed E-state index contributed by atoms with van der Waals surface area (Å²) in [4.78, 5) is 31.2. The maximum Gasteiger partial charge on any atom is 0.267 e. The largest absolute Gasteiger partial charge is 0.479 e. The Morgan fingerprint density at radius 2 is 2.07 bits per heavy atom. The summed E-state index contributed by atoms with van der Waals surface area (Å²) in [5, 5.41) is 10.6. The normalized spacial score (nSPS) is 19.6. The molecular weight excluding hydrogens is 372 g/mol. The molecule has 4 rings (SSSR count). The quantitative estimate of drug-likeness (QED) is 0.790. The van der Waals surface area contributed by atoms with E-state index in [2.05, 4.69) is 20.7 Å². The van der Waals surface area contributed by atoms with E-state index in [0.717, 1.165) is 31.8 Å². The Morgan fingerprint density at radius 1 is 1.31 bits per heavy atom. The third-order valence-corrected chi connectivity index (χ3v) is 5.37. The van der Waals surface area contributed by atoms with Crippen LogP contribution in [0.15, 0.2) is 24.3 Å². The van der Waals surface area contributed by atoms with Crippen molar-refractivity contribution in [2.24, 2.45) is 7.05 Å². The van der Waals surface area contributed by atoms with Gasteiger partial charge in [0, 0.05) is 25.9 Å². The molecule has 2 aliphatic rings. The first-order valence-corrected chi connectivity index (χ1v) is 10.0. The molecule has 2 amide bonds. The SMILES string of the molecule is CC1Oc2ccccc2N(CCC(=O)Nc2nc(C3CCNCC3)nn2C)C1=O. The third-order valence-electron chi connectivity index (χ3n) is 5.37. The predicted octanol–water partition coefficient (Wildman–Crippen LogP) is 1.42. The standard InChI is InChI=1S/C20H26N6O3/c1-13-19(28)26(15-5-3-4-6-16(15)29-13)12-9-17(27)22-20-23-18(24-25(20)2)14-7-10-21-11-8-14/h3-6,13-14,21H,7-12H2,1-2H3,(H,22,23,24,27). The topological polar surface area (TPSA) is 101 Å². The number of piperidine rings is 1. The maximum atomic E-state index is 12.5. The van der Waals surface area contributed by atoms with Crippen LogP contribution in [0, 0.1) is 0 Å². The first-order valence-electron chi connectivity index (χ1n) is 10.0. The Labute approximate surface area is 169 Å². The van der Waals surface area contributed by atoms with Crippen LogP contribution in [0.3, 0.4) is 0 Å². The molecule has 0 radical (unpaired) electrons. The molecule has 1 aromatic carbocycles. The van der Waals surface area contributed by atoms with Crippen LogP contribution < -0.4 is 20.3 Å². The second-order valence-corrected chi connectivity index (χ2v) is 7.46. The number of anilines is 2. The van der Waals surface area contributed by atoms with Gasteiger partial charge in [0.1, 0.15) is 5.75 Å². The van der Waals surface area contributed by atoms with Gasteiger partial charge in [0.25, 0.3) is 5.91 Å². The smallest absolute Gasteiger partial charge is 0.267 e. The van der Waals surface area contributed by atoms with Gasteiger partial charge < -0.3 is 15.0 Å². The Hall–Kier alpha value is -2.94. The van der Waals surface area contributed by atoms with Gasteiger partial charge in [-0.25, -0.2) is 4.68 Å². The molecule has 1 atom stereocenters. The molecule has 1 aromatic heterocycles. The molecular formula is C20H26N6O3. The van der Waals surface area contributed by atoms with E-state index in [1.165, 1.54) is 0 Å². The molecule has 3 heterocycles. The van der Waals surface area contributed by atoms with Crippen molar-refractivity contribution in [2.75, 3.05) is 29.9 Å². The number of carbonyl (C=O) groups is 2. The Balaban J connectivity index is 1.39. The molecule has 2 N–H and O–H groups in total. The number of benzene rings is 1. The fourth-order valence-electron chi connectivity index (χ4n) is 3.76. The van der Waals surface area contributed by atoms with Crippen molar-refractivity contribution in [3.05, 3.63) is 30.1 Å². The van der Waals surface area contributed by atoms with Crippen LogP contribution in [0.2, 0.25) is 0 Å². The highest BCUT2D eigenvalue weighted by Crippen LogP contribution is 2.33. The molecule has 0 aliphatic carbocycles. The van der Waals surface area contributed by atoms with Gasteiger partial charge in [0.15, 0.2) is 11.9 Å². The number of aromatic nitrogens is 3. The van der Waals surface area contributed by atoms with E-state index >= 15 is 0 Å². The monoisotopic (exact) mass is 398 g/mol. The number of ether oxygens (including phenoxy) is 1. The number of aryl methyl sites for hydroxylation is 1. The molecule has 0 spiro atoms. The summed E-state index contributed by atoms with van der Waals surface area (Å²) in [6.07, 6.45) is 1.57. The van der Waals surface area contributed by atoms with Gasteiger partial charge in [0.05, 0.1) is 5.69 Å². The zero-order valence-electron chi connectivity index (χ0n) is 16.7. The molecule has 1 fully saturated rings. The van der Waals surface area contributed by atoms with Crippen molar-refractivity contribution in [2.45, 2.75) is 38.2 Å². The first-order chi connectivity index (χ1) is 14.0. The highest BCUT2D eigenvalue weighted by atomic mass is 16.5. The summed E-state index contributed by atoms with van der Waals surface area (Å²) in [5.41, 5.74) is 0.690. The summed E-state index contributed by atoms with van der Waals surface area (Å²) in [7, 11) is 1.77. The lowest BCUT2D eigenvalue weighted by molar-refractivity contribution is -0.125. The summed E-state index contributed by atoms with van der Waals surface area (Å²) < 4.78 is 7.24.